The molecule has 3 atom stereocenters. The Morgan fingerprint density at radius 3 is 2.47 bits per heavy atom. The summed E-state index contributed by atoms with van der Waals surface area (Å²) in [6.45, 7) is 7.11. The summed E-state index contributed by atoms with van der Waals surface area (Å²) in [5.74, 6) is 0.465. The minimum atomic E-state index is -0.954. The van der Waals surface area contributed by atoms with Gasteiger partial charge in [0.15, 0.2) is 0 Å². The predicted octanol–water partition coefficient (Wildman–Crippen LogP) is 1.81. The Kier molecular flexibility index (Phi) is 3.94. The highest BCUT2D eigenvalue weighted by Gasteiger charge is 2.47. The molecule has 2 aliphatic rings. The second-order valence-electron chi connectivity index (χ2n) is 7.53. The Morgan fingerprint density at radius 1 is 1.37 bits per heavy atom. The van der Waals surface area contributed by atoms with Crippen molar-refractivity contribution in [3.8, 4) is 0 Å². The first kappa shape index (κ1) is 14.8. The lowest BCUT2D eigenvalue weighted by molar-refractivity contribution is -0.128. The number of rotatable bonds is 5. The lowest BCUT2D eigenvalue weighted by Gasteiger charge is -2.40. The summed E-state index contributed by atoms with van der Waals surface area (Å²) in [6.07, 6.45) is 5.53. The van der Waals surface area contributed by atoms with Gasteiger partial charge in [-0.05, 0) is 49.4 Å². The van der Waals surface area contributed by atoms with Crippen molar-refractivity contribution in [2.45, 2.75) is 64.5 Å². The van der Waals surface area contributed by atoms with Crippen molar-refractivity contribution < 1.29 is 9.53 Å². The number of hydrogen-bond acceptors (Lipinski definition) is 3. The molecule has 0 aromatic heterocycles. The number of carbonyl (C=O) groups excluding carboxylic acids is 1. The molecule has 110 valence electrons. The van der Waals surface area contributed by atoms with Crippen molar-refractivity contribution >= 4 is 5.91 Å². The number of hydrogen-bond donors (Lipinski definition) is 2. The van der Waals surface area contributed by atoms with Gasteiger partial charge in [-0.1, -0.05) is 20.8 Å². The van der Waals surface area contributed by atoms with Crippen LogP contribution in [-0.2, 0) is 9.53 Å². The molecule has 0 heterocycles. The van der Waals surface area contributed by atoms with Crippen molar-refractivity contribution in [1.82, 2.24) is 0 Å². The Hall–Kier alpha value is -0.610. The third-order valence-electron chi connectivity index (χ3n) is 4.67. The van der Waals surface area contributed by atoms with Gasteiger partial charge >= 0.3 is 0 Å². The van der Waals surface area contributed by atoms with Gasteiger partial charge < -0.3 is 16.2 Å². The molecule has 0 spiro atoms. The van der Waals surface area contributed by atoms with Gasteiger partial charge in [-0.2, -0.15) is 0 Å². The molecule has 4 heteroatoms. The Balaban J connectivity index is 1.92. The number of primary amides is 1. The molecule has 2 saturated carbocycles. The monoisotopic (exact) mass is 268 g/mol. The van der Waals surface area contributed by atoms with Crippen LogP contribution in [0.25, 0.3) is 0 Å². The van der Waals surface area contributed by atoms with E-state index in [1.54, 1.807) is 0 Å². The largest absolute Gasteiger partial charge is 0.376 e. The molecule has 0 aromatic rings. The maximum atomic E-state index is 11.6. The molecule has 0 aromatic carbocycles. The Morgan fingerprint density at radius 2 is 2.00 bits per heavy atom. The summed E-state index contributed by atoms with van der Waals surface area (Å²) in [4.78, 5) is 11.6. The minimum absolute atomic E-state index is 0.208. The number of amides is 1. The molecule has 4 N–H and O–H groups in total. The molecule has 0 bridgehead atoms. The molecule has 0 aliphatic heterocycles. The summed E-state index contributed by atoms with van der Waals surface area (Å²) in [5.41, 5.74) is 11.0. The molecule has 19 heavy (non-hydrogen) atoms. The van der Waals surface area contributed by atoms with Crippen molar-refractivity contribution in [2.75, 3.05) is 6.61 Å². The van der Waals surface area contributed by atoms with E-state index in [2.05, 4.69) is 20.8 Å². The number of ether oxygens (including phenoxy) is 1. The fraction of sp³-hybridized carbons (Fsp3) is 0.933. The lowest BCUT2D eigenvalue weighted by atomic mass is 9.71. The van der Waals surface area contributed by atoms with Crippen LogP contribution >= 0.6 is 0 Å². The second-order valence-corrected chi connectivity index (χ2v) is 7.53. The van der Waals surface area contributed by atoms with Gasteiger partial charge in [-0.3, -0.25) is 4.79 Å². The van der Waals surface area contributed by atoms with Crippen LogP contribution in [-0.4, -0.2) is 24.2 Å². The van der Waals surface area contributed by atoms with Crippen LogP contribution < -0.4 is 11.5 Å². The summed E-state index contributed by atoms with van der Waals surface area (Å²) in [6, 6.07) is 0. The van der Waals surface area contributed by atoms with Crippen LogP contribution in [0.4, 0.5) is 0 Å². The summed E-state index contributed by atoms with van der Waals surface area (Å²) < 4.78 is 5.99. The first-order chi connectivity index (χ1) is 8.73. The molecule has 0 saturated heterocycles. The molecule has 2 aliphatic carbocycles. The van der Waals surface area contributed by atoms with Crippen molar-refractivity contribution in [1.29, 1.82) is 0 Å². The summed E-state index contributed by atoms with van der Waals surface area (Å²) in [5, 5.41) is 0. The molecule has 0 radical (unpaired) electrons. The van der Waals surface area contributed by atoms with Crippen LogP contribution in [0, 0.1) is 17.3 Å². The first-order valence-corrected chi connectivity index (χ1v) is 7.43. The second kappa shape index (κ2) is 5.06. The molecule has 3 unspecified atom stereocenters. The van der Waals surface area contributed by atoms with E-state index < -0.39 is 11.4 Å². The molecular weight excluding hydrogens is 240 g/mol. The minimum Gasteiger partial charge on any atom is -0.376 e. The zero-order chi connectivity index (χ0) is 14.3. The van der Waals surface area contributed by atoms with Crippen LogP contribution in [0.15, 0.2) is 0 Å². The highest BCUT2D eigenvalue weighted by atomic mass is 16.5. The van der Waals surface area contributed by atoms with Gasteiger partial charge in [0.1, 0.15) is 5.54 Å². The van der Waals surface area contributed by atoms with E-state index in [1.165, 1.54) is 6.42 Å². The molecule has 1 amide bonds. The predicted molar refractivity (Wildman–Crippen MR) is 75.4 cm³/mol. The van der Waals surface area contributed by atoms with Crippen molar-refractivity contribution in [3.05, 3.63) is 0 Å². The van der Waals surface area contributed by atoms with Gasteiger partial charge in [0.2, 0.25) is 5.91 Å². The average molecular weight is 268 g/mol. The van der Waals surface area contributed by atoms with Gasteiger partial charge in [0.25, 0.3) is 0 Å². The fourth-order valence-corrected chi connectivity index (χ4v) is 3.63. The maximum Gasteiger partial charge on any atom is 0.240 e. The van der Waals surface area contributed by atoms with E-state index >= 15 is 0 Å². The van der Waals surface area contributed by atoms with Gasteiger partial charge in [-0.25, -0.2) is 0 Å². The van der Waals surface area contributed by atoms with Gasteiger partial charge in [0.05, 0.1) is 12.7 Å². The van der Waals surface area contributed by atoms with Crippen LogP contribution in [0.2, 0.25) is 0 Å². The third kappa shape index (κ3) is 3.48. The topological polar surface area (TPSA) is 78.3 Å². The first-order valence-electron chi connectivity index (χ1n) is 7.43. The number of carbonyl (C=O) groups is 1. The fourth-order valence-electron chi connectivity index (χ4n) is 3.63. The highest BCUT2D eigenvalue weighted by molar-refractivity contribution is 5.85. The van der Waals surface area contributed by atoms with E-state index in [0.717, 1.165) is 25.7 Å². The normalized spacial score (nSPS) is 33.7. The third-order valence-corrected chi connectivity index (χ3v) is 4.67. The van der Waals surface area contributed by atoms with Crippen molar-refractivity contribution in [2.24, 2.45) is 28.7 Å². The smallest absolute Gasteiger partial charge is 0.240 e. The molecular formula is C15H28N2O2. The van der Waals surface area contributed by atoms with E-state index in [-0.39, 0.29) is 18.6 Å². The van der Waals surface area contributed by atoms with E-state index in [0.29, 0.717) is 11.3 Å². The van der Waals surface area contributed by atoms with E-state index in [1.807, 2.05) is 0 Å². The zero-order valence-corrected chi connectivity index (χ0v) is 12.4. The highest BCUT2D eigenvalue weighted by Crippen LogP contribution is 2.42. The molecule has 4 nitrogen and oxygen atoms in total. The van der Waals surface area contributed by atoms with Crippen LogP contribution in [0.3, 0.4) is 0 Å². The van der Waals surface area contributed by atoms with E-state index in [4.69, 9.17) is 16.2 Å². The Labute approximate surface area is 116 Å². The van der Waals surface area contributed by atoms with Crippen molar-refractivity contribution in [3.63, 3.8) is 0 Å². The van der Waals surface area contributed by atoms with Gasteiger partial charge in [0, 0.05) is 0 Å². The quantitative estimate of drug-likeness (QED) is 0.798. The Bertz CT molecular complexity index is 352. The average Bonchev–Trinajstić information content (AvgIpc) is 3.06. The summed E-state index contributed by atoms with van der Waals surface area (Å²) in [7, 11) is 0. The zero-order valence-electron chi connectivity index (χ0n) is 12.4. The summed E-state index contributed by atoms with van der Waals surface area (Å²) >= 11 is 0. The standard InChI is InChI=1S/C15H28N2O2/c1-10-6-12(8-14(2,3)7-10)19-9-15(17,13(16)18)11-4-5-11/h10-12H,4-9,17H2,1-3H3,(H2,16,18). The number of nitrogens with two attached hydrogens (primary N) is 2. The van der Waals surface area contributed by atoms with Gasteiger partial charge in [-0.15, -0.1) is 0 Å². The van der Waals surface area contributed by atoms with Crippen LogP contribution in [0.1, 0.15) is 52.9 Å². The maximum absolute atomic E-state index is 11.6. The van der Waals surface area contributed by atoms with Crippen LogP contribution in [0.5, 0.6) is 0 Å². The molecule has 2 rings (SSSR count). The lowest BCUT2D eigenvalue weighted by Crippen LogP contribution is -2.58. The molecule has 2 fully saturated rings. The SMILES string of the molecule is CC1CC(OCC(N)(C(N)=O)C2CC2)CC(C)(C)C1. The van der Waals surface area contributed by atoms with E-state index in [9.17, 15) is 4.79 Å².